The average Bonchev–Trinajstić information content (AvgIpc) is 3.58. The number of benzene rings is 2. The molecule has 214 valence electrons. The molecule has 39 heavy (non-hydrogen) atoms. The third-order valence-electron chi connectivity index (χ3n) is 7.06. The van der Waals surface area contributed by atoms with E-state index in [-0.39, 0.29) is 15.8 Å². The van der Waals surface area contributed by atoms with Crippen LogP contribution in [0.3, 0.4) is 0 Å². The molecular weight excluding hydrogens is 589 g/mol. The van der Waals surface area contributed by atoms with E-state index in [1.165, 1.54) is 97.6 Å². The van der Waals surface area contributed by atoms with Gasteiger partial charge in [0.2, 0.25) is 0 Å². The van der Waals surface area contributed by atoms with E-state index in [1.807, 2.05) is 0 Å². The van der Waals surface area contributed by atoms with Gasteiger partial charge in [0.05, 0.1) is 0 Å². The average molecular weight is 637 g/mol. The van der Waals surface area contributed by atoms with Crippen LogP contribution in [0.4, 0.5) is 0 Å². The Hall–Kier alpha value is -0.186. The standard InChI is InChI=1S/2C17H24P.2ClH.Ti/c2*1-3-5-11-18(12-6-4-2)17-13-15-9-7-8-10-16(15)14-17;;;/h2*7-10,13-14H,3-6,11-12H2,1-2H3;2*1H;/q2*-1;;;+2/p-2. The summed E-state index contributed by atoms with van der Waals surface area (Å²) in [5, 5.41) is 8.96. The summed E-state index contributed by atoms with van der Waals surface area (Å²) >= 11 is -0.556. The molecule has 0 amide bonds. The first-order chi connectivity index (χ1) is 19.1. The quantitative estimate of drug-likeness (QED) is 0.0733. The maximum absolute atomic E-state index is 4.89. The van der Waals surface area contributed by atoms with Gasteiger partial charge in [0.15, 0.2) is 0 Å². The Labute approximate surface area is 258 Å². The van der Waals surface area contributed by atoms with E-state index in [0.29, 0.717) is 0 Å². The molecule has 0 saturated heterocycles. The molecule has 0 bridgehead atoms. The molecule has 4 aromatic carbocycles. The van der Waals surface area contributed by atoms with Crippen molar-refractivity contribution in [3.8, 4) is 0 Å². The summed E-state index contributed by atoms with van der Waals surface area (Å²) in [4.78, 5) is 0. The van der Waals surface area contributed by atoms with Crippen LogP contribution in [0.2, 0.25) is 0 Å². The Morgan fingerprint density at radius 1 is 0.564 bits per heavy atom. The van der Waals surface area contributed by atoms with Crippen molar-refractivity contribution in [2.75, 3.05) is 24.6 Å². The van der Waals surface area contributed by atoms with Crippen LogP contribution in [0, 0.1) is 0 Å². The van der Waals surface area contributed by atoms with E-state index in [9.17, 15) is 0 Å². The third-order valence-corrected chi connectivity index (χ3v) is 12.5. The predicted octanol–water partition coefficient (Wildman–Crippen LogP) is 11.9. The molecule has 0 nitrogen and oxygen atoms in total. The summed E-state index contributed by atoms with van der Waals surface area (Å²) in [7, 11) is 9.95. The molecule has 0 N–H and O–H groups in total. The van der Waals surface area contributed by atoms with Crippen LogP contribution in [0.15, 0.2) is 72.8 Å². The van der Waals surface area contributed by atoms with E-state index in [0.717, 1.165) is 0 Å². The summed E-state index contributed by atoms with van der Waals surface area (Å²) in [6, 6.07) is 27.3. The monoisotopic (exact) mass is 636 g/mol. The fourth-order valence-corrected chi connectivity index (χ4v) is 10.3. The van der Waals surface area contributed by atoms with Crippen LogP contribution in [0.5, 0.6) is 0 Å². The molecule has 5 heteroatoms. The van der Waals surface area contributed by atoms with E-state index in [2.05, 4.69) is 100 Å². The fraction of sp³-hybridized carbons (Fsp3) is 0.471. The van der Waals surface area contributed by atoms with Crippen molar-refractivity contribution >= 4 is 66.6 Å². The van der Waals surface area contributed by atoms with Gasteiger partial charge in [-0.2, -0.15) is 12.1 Å². The molecule has 0 atom stereocenters. The normalized spacial score (nSPS) is 11.0. The zero-order valence-electron chi connectivity index (χ0n) is 24.6. The second kappa shape index (κ2) is 21.5. The SMILES string of the molecule is CCCCP(CCCC)c1cc2ccccc2[cH-]1.CCCCP(CCCC)c1cc2ccccc2[cH-]1.[Cl][Ti][Cl]. The molecule has 4 aromatic rings. The second-order valence-electron chi connectivity index (χ2n) is 10.1. The first kappa shape index (κ1) is 35.0. The number of hydrogen-bond donors (Lipinski definition) is 0. The van der Waals surface area contributed by atoms with Crippen LogP contribution in [-0.2, 0) is 17.0 Å². The van der Waals surface area contributed by atoms with Crippen molar-refractivity contribution in [3.05, 3.63) is 72.8 Å². The zero-order valence-corrected chi connectivity index (χ0v) is 29.4. The van der Waals surface area contributed by atoms with Gasteiger partial charge < -0.3 is 0 Å². The summed E-state index contributed by atoms with van der Waals surface area (Å²) in [6.07, 6.45) is 16.5. The van der Waals surface area contributed by atoms with Crippen LogP contribution in [0.25, 0.3) is 21.5 Å². The van der Waals surface area contributed by atoms with Crippen molar-refractivity contribution in [1.29, 1.82) is 0 Å². The third kappa shape index (κ3) is 12.7. The topological polar surface area (TPSA) is 0 Å². The van der Waals surface area contributed by atoms with Crippen LogP contribution in [0.1, 0.15) is 79.1 Å². The summed E-state index contributed by atoms with van der Waals surface area (Å²) in [5.74, 6) is 0. The van der Waals surface area contributed by atoms with Gasteiger partial charge in [0.1, 0.15) is 0 Å². The Morgan fingerprint density at radius 2 is 0.872 bits per heavy atom. The molecule has 0 saturated carbocycles. The molecule has 0 radical (unpaired) electrons. The van der Waals surface area contributed by atoms with E-state index < -0.39 is 17.0 Å². The molecule has 0 unspecified atom stereocenters. The molecule has 0 fully saturated rings. The predicted molar refractivity (Wildman–Crippen MR) is 183 cm³/mol. The minimum absolute atomic E-state index is 0.0856. The molecule has 0 spiro atoms. The molecule has 4 rings (SSSR count). The zero-order chi connectivity index (χ0) is 28.3. The fourth-order valence-electron chi connectivity index (χ4n) is 4.77. The summed E-state index contributed by atoms with van der Waals surface area (Å²) in [6.45, 7) is 9.20. The first-order valence-electron chi connectivity index (χ1n) is 14.9. The second-order valence-corrected chi connectivity index (χ2v) is 17.7. The van der Waals surface area contributed by atoms with Crippen molar-refractivity contribution in [2.45, 2.75) is 79.1 Å². The molecule has 0 heterocycles. The minimum atomic E-state index is -0.556. The van der Waals surface area contributed by atoms with Gasteiger partial charge in [-0.25, -0.2) is 0 Å². The van der Waals surface area contributed by atoms with Gasteiger partial charge in [-0.15, -0.1) is 80.7 Å². The Kier molecular flexibility index (Phi) is 19.3. The molecule has 0 aromatic heterocycles. The molecule has 0 aliphatic heterocycles. The summed E-state index contributed by atoms with van der Waals surface area (Å²) < 4.78 is 0. The van der Waals surface area contributed by atoms with Gasteiger partial charge in [0, 0.05) is 0 Å². The number of halogens is 2. The van der Waals surface area contributed by atoms with Crippen LogP contribution in [-0.4, -0.2) is 24.6 Å². The number of rotatable bonds is 14. The van der Waals surface area contributed by atoms with E-state index in [4.69, 9.17) is 18.6 Å². The van der Waals surface area contributed by atoms with Gasteiger partial charge in [-0.1, -0.05) is 81.4 Å². The van der Waals surface area contributed by atoms with E-state index >= 15 is 0 Å². The Bertz CT molecular complexity index is 980. The number of hydrogen-bond acceptors (Lipinski definition) is 0. The van der Waals surface area contributed by atoms with Crippen LogP contribution >= 0.6 is 34.5 Å². The molecule has 0 aliphatic rings. The van der Waals surface area contributed by atoms with Gasteiger partial charge in [0.25, 0.3) is 0 Å². The first-order valence-corrected chi connectivity index (χ1v) is 22.6. The van der Waals surface area contributed by atoms with E-state index in [1.54, 1.807) is 10.6 Å². The van der Waals surface area contributed by atoms with Crippen molar-refractivity contribution in [2.24, 2.45) is 0 Å². The van der Waals surface area contributed by atoms with Crippen molar-refractivity contribution in [1.82, 2.24) is 0 Å². The molecular formula is C34H48Cl2P2Ti-2. The Morgan fingerprint density at radius 3 is 1.15 bits per heavy atom. The maximum atomic E-state index is 4.89. The van der Waals surface area contributed by atoms with Crippen molar-refractivity contribution in [3.63, 3.8) is 0 Å². The Balaban J connectivity index is 0.000000249. The van der Waals surface area contributed by atoms with Crippen molar-refractivity contribution < 1.29 is 17.0 Å². The van der Waals surface area contributed by atoms with Gasteiger partial charge >= 0.3 is 35.6 Å². The molecule has 0 aliphatic carbocycles. The number of fused-ring (bicyclic) bond motifs is 2. The van der Waals surface area contributed by atoms with Gasteiger partial charge in [-0.3, -0.25) is 0 Å². The van der Waals surface area contributed by atoms with Crippen LogP contribution < -0.4 is 10.6 Å². The van der Waals surface area contributed by atoms with Gasteiger partial charge in [-0.05, 0) is 50.3 Å². The number of unbranched alkanes of at least 4 members (excludes halogenated alkanes) is 4. The summed E-state index contributed by atoms with van der Waals surface area (Å²) in [5.41, 5.74) is 0.